The fraction of sp³-hybridized carbons (Fsp3) is 0.480. The van der Waals surface area contributed by atoms with Gasteiger partial charge in [0.05, 0.1) is 25.6 Å². The largest absolute Gasteiger partial charge is 0.493 e. The van der Waals surface area contributed by atoms with Crippen LogP contribution in [0.25, 0.3) is 0 Å². The number of nitrogens with zero attached hydrogens (tertiary/aromatic N) is 2. The van der Waals surface area contributed by atoms with E-state index < -0.39 is 15.4 Å². The highest BCUT2D eigenvalue weighted by Crippen LogP contribution is 2.37. The minimum absolute atomic E-state index is 0.0249. The van der Waals surface area contributed by atoms with Crippen molar-refractivity contribution in [1.82, 2.24) is 9.21 Å². The van der Waals surface area contributed by atoms with Gasteiger partial charge in [-0.05, 0) is 42.7 Å². The van der Waals surface area contributed by atoms with E-state index in [0.29, 0.717) is 55.6 Å². The molecule has 1 atom stereocenters. The molecule has 34 heavy (non-hydrogen) atoms. The zero-order chi connectivity index (χ0) is 24.0. The summed E-state index contributed by atoms with van der Waals surface area (Å²) < 4.78 is 39.7. The predicted octanol–water partition coefficient (Wildman–Crippen LogP) is 3.58. The topological polar surface area (TPSA) is 76.2 Å². The Morgan fingerprint density at radius 3 is 2.44 bits per heavy atom. The Morgan fingerprint density at radius 2 is 1.74 bits per heavy atom. The van der Waals surface area contributed by atoms with Gasteiger partial charge in [-0.15, -0.1) is 0 Å². The van der Waals surface area contributed by atoms with Crippen LogP contribution in [0.4, 0.5) is 0 Å². The molecule has 2 aliphatic heterocycles. The molecule has 7 nitrogen and oxygen atoms in total. The molecule has 0 aliphatic carbocycles. The van der Waals surface area contributed by atoms with Crippen molar-refractivity contribution in [2.75, 3.05) is 46.0 Å². The number of morpholine rings is 1. The molecule has 0 bridgehead atoms. The Kier molecular flexibility index (Phi) is 8.14. The van der Waals surface area contributed by atoms with E-state index in [-0.39, 0.29) is 31.2 Å². The molecule has 2 fully saturated rings. The van der Waals surface area contributed by atoms with Gasteiger partial charge < -0.3 is 14.4 Å². The van der Waals surface area contributed by atoms with Crippen molar-refractivity contribution < 1.29 is 22.7 Å². The number of hydrogen-bond acceptors (Lipinski definition) is 5. The van der Waals surface area contributed by atoms with E-state index in [2.05, 4.69) is 0 Å². The van der Waals surface area contributed by atoms with E-state index in [9.17, 15) is 13.2 Å². The molecule has 0 radical (unpaired) electrons. The van der Waals surface area contributed by atoms with E-state index in [1.165, 1.54) is 4.31 Å². The van der Waals surface area contributed by atoms with Gasteiger partial charge in [0, 0.05) is 43.0 Å². The molecule has 1 amide bonds. The lowest BCUT2D eigenvalue weighted by Crippen LogP contribution is -2.52. The van der Waals surface area contributed by atoms with Crippen LogP contribution in [-0.4, -0.2) is 69.5 Å². The van der Waals surface area contributed by atoms with Crippen molar-refractivity contribution in [3.05, 3.63) is 65.2 Å². The van der Waals surface area contributed by atoms with Crippen LogP contribution in [0.5, 0.6) is 5.75 Å². The SMILES string of the molecule is O=C(CC1(COc2ccccc2)CCCN(S(=O)(=O)Cc2ccc(Cl)cc2)C1)N1CCOCC1. The number of sulfonamides is 1. The van der Waals surface area contributed by atoms with Gasteiger partial charge in [0.2, 0.25) is 15.9 Å². The number of carbonyl (C=O) groups excluding carboxylic acids is 1. The Morgan fingerprint density at radius 1 is 1.03 bits per heavy atom. The molecule has 2 saturated heterocycles. The minimum atomic E-state index is -3.57. The number of piperidine rings is 1. The summed E-state index contributed by atoms with van der Waals surface area (Å²) in [5, 5.41) is 0.567. The Bertz CT molecular complexity index is 1060. The van der Waals surface area contributed by atoms with Crippen molar-refractivity contribution in [3.63, 3.8) is 0 Å². The number of carbonyl (C=O) groups is 1. The molecular formula is C25H31ClN2O5S. The molecule has 0 spiro atoms. The second-order valence-electron chi connectivity index (χ2n) is 9.09. The molecule has 1 unspecified atom stereocenters. The van der Waals surface area contributed by atoms with Crippen molar-refractivity contribution in [3.8, 4) is 5.75 Å². The lowest BCUT2D eigenvalue weighted by atomic mass is 9.78. The zero-order valence-electron chi connectivity index (χ0n) is 19.2. The summed E-state index contributed by atoms with van der Waals surface area (Å²) in [4.78, 5) is 15.0. The molecule has 2 aromatic carbocycles. The fourth-order valence-corrected chi connectivity index (χ4v) is 6.39. The van der Waals surface area contributed by atoms with E-state index in [0.717, 1.165) is 6.42 Å². The standard InChI is InChI=1S/C25H31ClN2O5S/c26-22-9-7-21(8-10-22)18-34(30,31)28-12-4-11-25(19-28,20-33-23-5-2-1-3-6-23)17-24(29)27-13-15-32-16-14-27/h1-3,5-10H,4,11-20H2. The third-order valence-corrected chi connectivity index (χ3v) is 8.51. The number of benzene rings is 2. The third-order valence-electron chi connectivity index (χ3n) is 6.46. The number of hydrogen-bond donors (Lipinski definition) is 0. The van der Waals surface area contributed by atoms with Crippen LogP contribution in [-0.2, 0) is 25.3 Å². The first-order valence-corrected chi connectivity index (χ1v) is 13.6. The van der Waals surface area contributed by atoms with Crippen LogP contribution in [0.15, 0.2) is 54.6 Å². The number of para-hydroxylation sites is 1. The molecule has 0 aromatic heterocycles. The Balaban J connectivity index is 1.52. The molecule has 184 valence electrons. The zero-order valence-corrected chi connectivity index (χ0v) is 20.8. The van der Waals surface area contributed by atoms with Crippen LogP contribution >= 0.6 is 11.6 Å². The average molecular weight is 507 g/mol. The predicted molar refractivity (Wildman–Crippen MR) is 131 cm³/mol. The summed E-state index contributed by atoms with van der Waals surface area (Å²) in [5.41, 5.74) is 0.0850. The van der Waals surface area contributed by atoms with E-state index in [1.807, 2.05) is 35.2 Å². The summed E-state index contributed by atoms with van der Waals surface area (Å²) in [6, 6.07) is 16.3. The summed E-state index contributed by atoms with van der Waals surface area (Å²) >= 11 is 5.95. The van der Waals surface area contributed by atoms with Crippen molar-refractivity contribution in [1.29, 1.82) is 0 Å². The van der Waals surface area contributed by atoms with Crippen molar-refractivity contribution in [2.24, 2.45) is 5.41 Å². The lowest BCUT2D eigenvalue weighted by Gasteiger charge is -2.42. The molecule has 4 rings (SSSR count). The second kappa shape index (κ2) is 11.1. The van der Waals surface area contributed by atoms with Gasteiger partial charge in [0.25, 0.3) is 0 Å². The van der Waals surface area contributed by atoms with E-state index in [4.69, 9.17) is 21.1 Å². The summed E-state index contributed by atoms with van der Waals surface area (Å²) in [5.74, 6) is 0.635. The van der Waals surface area contributed by atoms with Crippen LogP contribution in [0, 0.1) is 5.41 Å². The number of rotatable bonds is 8. The first-order chi connectivity index (χ1) is 16.4. The minimum Gasteiger partial charge on any atom is -0.493 e. The Hall–Kier alpha value is -2.13. The quantitative estimate of drug-likeness (QED) is 0.547. The molecule has 0 N–H and O–H groups in total. The van der Waals surface area contributed by atoms with Gasteiger partial charge in [-0.2, -0.15) is 0 Å². The first kappa shape index (κ1) is 25.0. The Labute approximate surface area is 206 Å². The second-order valence-corrected chi connectivity index (χ2v) is 11.5. The van der Waals surface area contributed by atoms with Gasteiger partial charge in [-0.25, -0.2) is 12.7 Å². The highest BCUT2D eigenvalue weighted by Gasteiger charge is 2.42. The van der Waals surface area contributed by atoms with Crippen LogP contribution in [0.3, 0.4) is 0 Å². The smallest absolute Gasteiger partial charge is 0.223 e. The average Bonchev–Trinajstić information content (AvgIpc) is 2.85. The van der Waals surface area contributed by atoms with Crippen LogP contribution < -0.4 is 4.74 Å². The highest BCUT2D eigenvalue weighted by molar-refractivity contribution is 7.88. The summed E-state index contributed by atoms with van der Waals surface area (Å²) in [6.45, 7) is 3.16. The monoisotopic (exact) mass is 506 g/mol. The maximum Gasteiger partial charge on any atom is 0.223 e. The van der Waals surface area contributed by atoms with E-state index in [1.54, 1.807) is 24.3 Å². The maximum absolute atomic E-state index is 13.3. The normalized spacial score (nSPS) is 21.9. The van der Waals surface area contributed by atoms with Crippen LogP contribution in [0.2, 0.25) is 5.02 Å². The maximum atomic E-state index is 13.3. The van der Waals surface area contributed by atoms with Crippen LogP contribution in [0.1, 0.15) is 24.8 Å². The summed E-state index contributed by atoms with van der Waals surface area (Å²) in [6.07, 6.45) is 1.64. The fourth-order valence-electron chi connectivity index (χ4n) is 4.59. The molecule has 2 aromatic rings. The lowest BCUT2D eigenvalue weighted by molar-refractivity contribution is -0.139. The molecule has 2 heterocycles. The van der Waals surface area contributed by atoms with Crippen molar-refractivity contribution >= 4 is 27.5 Å². The van der Waals surface area contributed by atoms with Gasteiger partial charge >= 0.3 is 0 Å². The number of ether oxygens (including phenoxy) is 2. The number of amides is 1. The van der Waals surface area contributed by atoms with Gasteiger partial charge in [0.1, 0.15) is 5.75 Å². The summed E-state index contributed by atoms with van der Waals surface area (Å²) in [7, 11) is -3.57. The van der Waals surface area contributed by atoms with Gasteiger partial charge in [-0.1, -0.05) is 41.9 Å². The molecule has 2 aliphatic rings. The van der Waals surface area contributed by atoms with E-state index >= 15 is 0 Å². The third kappa shape index (κ3) is 6.50. The molecular weight excluding hydrogens is 476 g/mol. The highest BCUT2D eigenvalue weighted by atomic mass is 35.5. The van der Waals surface area contributed by atoms with Gasteiger partial charge in [0.15, 0.2) is 0 Å². The first-order valence-electron chi connectivity index (χ1n) is 11.6. The molecule has 0 saturated carbocycles. The number of halogens is 1. The molecule has 9 heteroatoms. The van der Waals surface area contributed by atoms with Crippen molar-refractivity contribution in [2.45, 2.75) is 25.0 Å². The van der Waals surface area contributed by atoms with Gasteiger partial charge in [-0.3, -0.25) is 4.79 Å².